The lowest BCUT2D eigenvalue weighted by Crippen LogP contribution is -2.07. The van der Waals surface area contributed by atoms with Crippen LogP contribution in [0.15, 0.2) is 24.5 Å². The van der Waals surface area contributed by atoms with E-state index in [1.165, 1.54) is 17.5 Å². The van der Waals surface area contributed by atoms with E-state index in [0.717, 1.165) is 5.75 Å². The first-order valence-corrected chi connectivity index (χ1v) is 7.33. The van der Waals surface area contributed by atoms with E-state index >= 15 is 0 Å². The normalized spacial score (nSPS) is 11.1. The summed E-state index contributed by atoms with van der Waals surface area (Å²) < 4.78 is 5.80. The minimum Gasteiger partial charge on any atom is -0.493 e. The Kier molecular flexibility index (Phi) is 5.20. The molecular formula is C16H22N4O. The molecule has 1 aromatic carbocycles. The largest absolute Gasteiger partial charge is 0.493 e. The minimum absolute atomic E-state index is 0.483. The number of hydrogen-bond donors (Lipinski definition) is 0. The second kappa shape index (κ2) is 7.11. The van der Waals surface area contributed by atoms with Gasteiger partial charge in [-0.15, -0.1) is 20.4 Å². The van der Waals surface area contributed by atoms with E-state index in [1.807, 2.05) is 6.07 Å². The van der Waals surface area contributed by atoms with Gasteiger partial charge in [0.2, 0.25) is 0 Å². The van der Waals surface area contributed by atoms with Crippen molar-refractivity contribution in [2.45, 2.75) is 46.0 Å². The van der Waals surface area contributed by atoms with Crippen LogP contribution in [0.5, 0.6) is 5.75 Å². The van der Waals surface area contributed by atoms with Crippen molar-refractivity contribution in [2.75, 3.05) is 6.61 Å². The number of aromatic nitrogens is 4. The molecule has 0 aliphatic carbocycles. The van der Waals surface area contributed by atoms with Crippen LogP contribution in [0.1, 0.15) is 56.5 Å². The van der Waals surface area contributed by atoms with Gasteiger partial charge in [0.1, 0.15) is 5.75 Å². The lowest BCUT2D eigenvalue weighted by atomic mass is 9.90. The fourth-order valence-electron chi connectivity index (χ4n) is 2.26. The number of benzene rings is 1. The summed E-state index contributed by atoms with van der Waals surface area (Å²) in [6, 6.07) is 6.34. The predicted molar refractivity (Wildman–Crippen MR) is 81.4 cm³/mol. The van der Waals surface area contributed by atoms with Crippen LogP contribution in [0.3, 0.4) is 0 Å². The molecule has 1 aromatic heterocycles. The van der Waals surface area contributed by atoms with Crippen molar-refractivity contribution >= 4 is 0 Å². The monoisotopic (exact) mass is 286 g/mol. The molecular weight excluding hydrogens is 264 g/mol. The van der Waals surface area contributed by atoms with Crippen molar-refractivity contribution < 1.29 is 4.74 Å². The van der Waals surface area contributed by atoms with Crippen molar-refractivity contribution in [3.8, 4) is 5.75 Å². The number of ether oxygens (including phenoxy) is 1. The number of nitrogens with zero attached hydrogens (tertiary/aromatic N) is 4. The summed E-state index contributed by atoms with van der Waals surface area (Å²) in [5, 5.41) is 15.2. The van der Waals surface area contributed by atoms with Crippen LogP contribution >= 0.6 is 0 Å². The van der Waals surface area contributed by atoms with Crippen LogP contribution in [0.4, 0.5) is 0 Å². The van der Waals surface area contributed by atoms with Crippen molar-refractivity contribution in [2.24, 2.45) is 0 Å². The fraction of sp³-hybridized carbons (Fsp3) is 0.500. The zero-order chi connectivity index (χ0) is 15.2. The maximum atomic E-state index is 5.80. The van der Waals surface area contributed by atoms with Crippen LogP contribution in [-0.4, -0.2) is 27.0 Å². The fourth-order valence-corrected chi connectivity index (χ4v) is 2.26. The van der Waals surface area contributed by atoms with Crippen LogP contribution in [0, 0.1) is 0 Å². The topological polar surface area (TPSA) is 60.8 Å². The first-order valence-electron chi connectivity index (χ1n) is 7.33. The Hall–Kier alpha value is -2.04. The summed E-state index contributed by atoms with van der Waals surface area (Å²) >= 11 is 0. The highest BCUT2D eigenvalue weighted by Crippen LogP contribution is 2.29. The molecule has 1 heterocycles. The van der Waals surface area contributed by atoms with E-state index in [0.29, 0.717) is 30.7 Å². The van der Waals surface area contributed by atoms with E-state index in [2.05, 4.69) is 60.2 Å². The lowest BCUT2D eigenvalue weighted by Gasteiger charge is -2.17. The van der Waals surface area contributed by atoms with E-state index in [1.54, 1.807) is 0 Å². The maximum absolute atomic E-state index is 5.80. The summed E-state index contributed by atoms with van der Waals surface area (Å²) in [5.74, 6) is 2.49. The second-order valence-corrected chi connectivity index (χ2v) is 5.66. The van der Waals surface area contributed by atoms with Crippen LogP contribution in [-0.2, 0) is 6.42 Å². The van der Waals surface area contributed by atoms with Gasteiger partial charge in [0.25, 0.3) is 0 Å². The molecule has 2 rings (SSSR count). The van der Waals surface area contributed by atoms with Gasteiger partial charge in [0.15, 0.2) is 12.2 Å². The summed E-state index contributed by atoms with van der Waals surface area (Å²) in [7, 11) is 0. The molecule has 0 saturated carbocycles. The molecule has 0 atom stereocenters. The quantitative estimate of drug-likeness (QED) is 0.816. The standard InChI is InChI=1S/C16H22N4O/c1-11(2)14-6-5-13(9-15(14)12(3)4)21-8-7-16-19-17-10-18-20-16/h5-6,9-12H,7-8H2,1-4H3. The molecule has 5 heteroatoms. The highest BCUT2D eigenvalue weighted by atomic mass is 16.5. The molecule has 0 saturated heterocycles. The van der Waals surface area contributed by atoms with Gasteiger partial charge in [-0.25, -0.2) is 0 Å². The lowest BCUT2D eigenvalue weighted by molar-refractivity contribution is 0.317. The first kappa shape index (κ1) is 15.4. The highest BCUT2D eigenvalue weighted by Gasteiger charge is 2.11. The minimum atomic E-state index is 0.483. The predicted octanol–water partition coefficient (Wildman–Crippen LogP) is 3.13. The zero-order valence-electron chi connectivity index (χ0n) is 13.1. The summed E-state index contributed by atoms with van der Waals surface area (Å²) in [6.07, 6.45) is 1.92. The van der Waals surface area contributed by atoms with Gasteiger partial charge in [-0.3, -0.25) is 0 Å². The third-order valence-electron chi connectivity index (χ3n) is 3.35. The molecule has 0 amide bonds. The van der Waals surface area contributed by atoms with Crippen molar-refractivity contribution in [1.29, 1.82) is 0 Å². The average Bonchev–Trinajstić information content (AvgIpc) is 2.48. The van der Waals surface area contributed by atoms with Gasteiger partial charge in [-0.2, -0.15) is 0 Å². The third kappa shape index (κ3) is 4.21. The van der Waals surface area contributed by atoms with E-state index in [4.69, 9.17) is 4.74 Å². The Labute approximate surface area is 125 Å². The number of hydrogen-bond acceptors (Lipinski definition) is 5. The van der Waals surface area contributed by atoms with Crippen molar-refractivity contribution in [3.05, 3.63) is 41.5 Å². The average molecular weight is 286 g/mol. The van der Waals surface area contributed by atoms with Gasteiger partial charge < -0.3 is 4.74 Å². The Morgan fingerprint density at radius 1 is 0.952 bits per heavy atom. The summed E-state index contributed by atoms with van der Waals surface area (Å²) in [5.41, 5.74) is 2.74. The molecule has 5 nitrogen and oxygen atoms in total. The first-order chi connectivity index (χ1) is 10.1. The molecule has 112 valence electrons. The highest BCUT2D eigenvalue weighted by molar-refractivity contribution is 5.39. The summed E-state index contributed by atoms with van der Waals surface area (Å²) in [4.78, 5) is 0. The zero-order valence-corrected chi connectivity index (χ0v) is 13.1. The molecule has 2 aromatic rings. The Balaban J connectivity index is 2.02. The molecule has 0 fully saturated rings. The molecule has 0 bridgehead atoms. The molecule has 0 unspecified atom stereocenters. The molecule has 0 N–H and O–H groups in total. The van der Waals surface area contributed by atoms with Crippen molar-refractivity contribution in [1.82, 2.24) is 20.4 Å². The second-order valence-electron chi connectivity index (χ2n) is 5.66. The Bertz CT molecular complexity index is 570. The molecule has 0 aliphatic heterocycles. The van der Waals surface area contributed by atoms with E-state index < -0.39 is 0 Å². The van der Waals surface area contributed by atoms with Gasteiger partial charge >= 0.3 is 0 Å². The van der Waals surface area contributed by atoms with E-state index in [-0.39, 0.29) is 0 Å². The molecule has 0 aliphatic rings. The third-order valence-corrected chi connectivity index (χ3v) is 3.35. The smallest absolute Gasteiger partial charge is 0.176 e. The van der Waals surface area contributed by atoms with Crippen molar-refractivity contribution in [3.63, 3.8) is 0 Å². The van der Waals surface area contributed by atoms with Gasteiger partial charge in [0, 0.05) is 6.42 Å². The van der Waals surface area contributed by atoms with Crippen LogP contribution < -0.4 is 4.74 Å². The Morgan fingerprint density at radius 2 is 1.62 bits per heavy atom. The molecule has 0 radical (unpaired) electrons. The van der Waals surface area contributed by atoms with Crippen LogP contribution in [0.25, 0.3) is 0 Å². The summed E-state index contributed by atoms with van der Waals surface area (Å²) in [6.45, 7) is 9.37. The molecule has 0 spiro atoms. The maximum Gasteiger partial charge on any atom is 0.176 e. The SMILES string of the molecule is CC(C)c1ccc(OCCc2nncnn2)cc1C(C)C. The van der Waals surface area contributed by atoms with Crippen LogP contribution in [0.2, 0.25) is 0 Å². The Morgan fingerprint density at radius 3 is 2.24 bits per heavy atom. The van der Waals surface area contributed by atoms with Gasteiger partial charge in [0.05, 0.1) is 6.61 Å². The van der Waals surface area contributed by atoms with Gasteiger partial charge in [-0.05, 0) is 35.1 Å². The number of rotatable bonds is 6. The van der Waals surface area contributed by atoms with E-state index in [9.17, 15) is 0 Å². The molecule has 21 heavy (non-hydrogen) atoms. The van der Waals surface area contributed by atoms with Gasteiger partial charge in [-0.1, -0.05) is 33.8 Å².